The third kappa shape index (κ3) is 5.83. The Balaban J connectivity index is 2.67. The van der Waals surface area contributed by atoms with Gasteiger partial charge in [0.05, 0.1) is 21.3 Å². The molecule has 0 bridgehead atoms. The van der Waals surface area contributed by atoms with Crippen LogP contribution in [0.5, 0.6) is 17.2 Å². The molecule has 9 heteroatoms. The molecule has 0 unspecified atom stereocenters. The maximum absolute atomic E-state index is 11.9. The van der Waals surface area contributed by atoms with Crippen molar-refractivity contribution in [2.75, 3.05) is 28.4 Å². The lowest BCUT2D eigenvalue weighted by molar-refractivity contribution is -0.154. The van der Waals surface area contributed by atoms with Gasteiger partial charge in [0.25, 0.3) is 5.91 Å². The van der Waals surface area contributed by atoms with E-state index in [4.69, 9.17) is 18.9 Å². The Morgan fingerprint density at radius 1 is 1.04 bits per heavy atom. The first kappa shape index (κ1) is 21.1. The van der Waals surface area contributed by atoms with Crippen molar-refractivity contribution in [1.82, 2.24) is 10.6 Å². The van der Waals surface area contributed by atoms with E-state index in [-0.39, 0.29) is 6.42 Å². The first-order valence-electron chi connectivity index (χ1n) is 7.87. The van der Waals surface area contributed by atoms with Crippen molar-refractivity contribution in [3.63, 3.8) is 0 Å². The summed E-state index contributed by atoms with van der Waals surface area (Å²) in [5.74, 6) is 0.145. The second-order valence-electron chi connectivity index (χ2n) is 5.23. The minimum Gasteiger partial charge on any atom is -0.493 e. The van der Waals surface area contributed by atoms with Gasteiger partial charge in [-0.2, -0.15) is 0 Å². The van der Waals surface area contributed by atoms with Crippen molar-refractivity contribution < 1.29 is 33.3 Å². The van der Waals surface area contributed by atoms with Crippen molar-refractivity contribution in [1.29, 1.82) is 0 Å². The summed E-state index contributed by atoms with van der Waals surface area (Å²) in [4.78, 5) is 34.7. The molecule has 1 rings (SSSR count). The molecule has 0 saturated heterocycles. The summed E-state index contributed by atoms with van der Waals surface area (Å²) in [7, 11) is 5.88. The Hall–Kier alpha value is -2.97. The van der Waals surface area contributed by atoms with Crippen molar-refractivity contribution >= 4 is 17.9 Å². The maximum atomic E-state index is 11.9. The number of imide groups is 1. The summed E-state index contributed by atoms with van der Waals surface area (Å²) in [5, 5.41) is 4.27. The van der Waals surface area contributed by atoms with Crippen molar-refractivity contribution in [3.8, 4) is 17.2 Å². The number of rotatable bonds is 8. The average molecular weight is 368 g/mol. The Morgan fingerprint density at radius 3 is 2.08 bits per heavy atom. The number of methoxy groups -OCH3 is 3. The van der Waals surface area contributed by atoms with E-state index < -0.39 is 24.0 Å². The van der Waals surface area contributed by atoms with E-state index in [0.717, 1.165) is 5.56 Å². The summed E-state index contributed by atoms with van der Waals surface area (Å²) in [6.45, 7) is 1.38. The van der Waals surface area contributed by atoms with Crippen LogP contribution < -0.4 is 24.8 Å². The van der Waals surface area contributed by atoms with Crippen LogP contribution in [0.2, 0.25) is 0 Å². The minimum absolute atomic E-state index is 0.0379. The van der Waals surface area contributed by atoms with Crippen LogP contribution in [-0.2, 0) is 20.7 Å². The van der Waals surface area contributed by atoms with Gasteiger partial charge in [-0.15, -0.1) is 0 Å². The largest absolute Gasteiger partial charge is 0.493 e. The number of aryl methyl sites for hydroxylation is 1. The van der Waals surface area contributed by atoms with Crippen LogP contribution in [0.1, 0.15) is 18.9 Å². The number of carbonyl (C=O) groups excluding carboxylic acids is 3. The molecule has 3 amide bonds. The van der Waals surface area contributed by atoms with Crippen molar-refractivity contribution in [3.05, 3.63) is 17.7 Å². The van der Waals surface area contributed by atoms with Crippen LogP contribution in [0, 0.1) is 0 Å². The molecule has 2 N–H and O–H groups in total. The number of amides is 3. The van der Waals surface area contributed by atoms with Gasteiger partial charge in [-0.05, 0) is 31.0 Å². The van der Waals surface area contributed by atoms with Gasteiger partial charge in [0.2, 0.25) is 5.75 Å². The molecule has 0 aliphatic heterocycles. The molecule has 0 aromatic heterocycles. The third-order valence-corrected chi connectivity index (χ3v) is 3.48. The predicted octanol–water partition coefficient (Wildman–Crippen LogP) is 1.03. The Bertz CT molecular complexity index is 636. The smallest absolute Gasteiger partial charge is 0.321 e. The van der Waals surface area contributed by atoms with E-state index in [0.29, 0.717) is 23.7 Å². The molecule has 0 saturated carbocycles. The van der Waals surface area contributed by atoms with E-state index in [1.54, 1.807) is 12.1 Å². The van der Waals surface area contributed by atoms with Crippen LogP contribution in [0.4, 0.5) is 4.79 Å². The number of benzene rings is 1. The number of nitrogens with one attached hydrogen (secondary N) is 2. The Labute approximate surface area is 151 Å². The number of hydrogen-bond donors (Lipinski definition) is 2. The van der Waals surface area contributed by atoms with E-state index in [9.17, 15) is 14.4 Å². The average Bonchev–Trinajstić information content (AvgIpc) is 2.64. The van der Waals surface area contributed by atoms with Crippen molar-refractivity contribution in [2.24, 2.45) is 0 Å². The molecule has 0 spiro atoms. The number of urea groups is 1. The molecule has 1 aromatic rings. The Kier molecular flexibility index (Phi) is 8.20. The van der Waals surface area contributed by atoms with Crippen LogP contribution in [0.25, 0.3) is 0 Å². The van der Waals surface area contributed by atoms with Gasteiger partial charge in [0.1, 0.15) is 0 Å². The molecular formula is C17H24N2O7. The first-order chi connectivity index (χ1) is 12.4. The predicted molar refractivity (Wildman–Crippen MR) is 92.6 cm³/mol. The van der Waals surface area contributed by atoms with Crippen LogP contribution in [-0.4, -0.2) is 52.4 Å². The summed E-state index contributed by atoms with van der Waals surface area (Å²) in [6, 6.07) is 2.79. The van der Waals surface area contributed by atoms with Gasteiger partial charge in [-0.3, -0.25) is 14.9 Å². The highest BCUT2D eigenvalue weighted by atomic mass is 16.5. The highest BCUT2D eigenvalue weighted by molar-refractivity contribution is 5.96. The van der Waals surface area contributed by atoms with Gasteiger partial charge in [0.15, 0.2) is 17.6 Å². The van der Waals surface area contributed by atoms with Crippen LogP contribution >= 0.6 is 0 Å². The second-order valence-corrected chi connectivity index (χ2v) is 5.23. The maximum Gasteiger partial charge on any atom is 0.321 e. The standard InChI is InChI=1S/C17H24N2O7/c1-10(16(21)19-17(22)18-2)26-14(20)7-6-11-8-12(23-3)15(25-5)13(9-11)24-4/h8-10H,6-7H2,1-5H3,(H2,18,19,21,22)/t10-/m1/s1. The fourth-order valence-electron chi connectivity index (χ4n) is 2.11. The normalized spacial score (nSPS) is 11.1. The highest BCUT2D eigenvalue weighted by Gasteiger charge is 2.20. The third-order valence-electron chi connectivity index (χ3n) is 3.48. The molecule has 26 heavy (non-hydrogen) atoms. The molecule has 0 heterocycles. The number of ether oxygens (including phenoxy) is 4. The lowest BCUT2D eigenvalue weighted by Crippen LogP contribution is -2.43. The van der Waals surface area contributed by atoms with Crippen LogP contribution in [0.15, 0.2) is 12.1 Å². The minimum atomic E-state index is -1.08. The van der Waals surface area contributed by atoms with Crippen molar-refractivity contribution in [2.45, 2.75) is 25.9 Å². The molecule has 9 nitrogen and oxygen atoms in total. The molecular weight excluding hydrogens is 344 g/mol. The first-order valence-corrected chi connectivity index (χ1v) is 7.87. The molecule has 1 aromatic carbocycles. The summed E-state index contributed by atoms with van der Waals surface area (Å²) >= 11 is 0. The summed E-state index contributed by atoms with van der Waals surface area (Å²) in [6.07, 6.45) is -0.699. The quantitative estimate of drug-likeness (QED) is 0.659. The lowest BCUT2D eigenvalue weighted by Gasteiger charge is -2.15. The number of carbonyl (C=O) groups is 3. The topological polar surface area (TPSA) is 112 Å². The van der Waals surface area contributed by atoms with Gasteiger partial charge in [-0.1, -0.05) is 0 Å². The Morgan fingerprint density at radius 2 is 1.62 bits per heavy atom. The van der Waals surface area contributed by atoms with E-state index in [1.807, 2.05) is 5.32 Å². The van der Waals surface area contributed by atoms with Crippen LogP contribution in [0.3, 0.4) is 0 Å². The SMILES string of the molecule is CNC(=O)NC(=O)[C@@H](C)OC(=O)CCc1cc(OC)c(OC)c(OC)c1. The lowest BCUT2D eigenvalue weighted by atomic mass is 10.1. The zero-order valence-electron chi connectivity index (χ0n) is 15.5. The van der Waals surface area contributed by atoms with Gasteiger partial charge < -0.3 is 24.3 Å². The fourth-order valence-corrected chi connectivity index (χ4v) is 2.11. The molecule has 0 fully saturated rings. The van der Waals surface area contributed by atoms with E-state index in [2.05, 4.69) is 5.32 Å². The number of hydrogen-bond acceptors (Lipinski definition) is 7. The molecule has 0 aliphatic rings. The van der Waals surface area contributed by atoms with Gasteiger partial charge >= 0.3 is 12.0 Å². The van der Waals surface area contributed by atoms with Gasteiger partial charge in [-0.25, -0.2) is 4.79 Å². The second kappa shape index (κ2) is 10.1. The van der Waals surface area contributed by atoms with E-state index >= 15 is 0 Å². The summed E-state index contributed by atoms with van der Waals surface area (Å²) in [5.41, 5.74) is 0.777. The molecule has 0 radical (unpaired) electrons. The molecule has 144 valence electrons. The summed E-state index contributed by atoms with van der Waals surface area (Å²) < 4.78 is 20.8. The van der Waals surface area contributed by atoms with Gasteiger partial charge in [0, 0.05) is 13.5 Å². The fraction of sp³-hybridized carbons (Fsp3) is 0.471. The van der Waals surface area contributed by atoms with E-state index in [1.165, 1.54) is 35.3 Å². The molecule has 1 atom stereocenters. The zero-order valence-corrected chi connectivity index (χ0v) is 15.5. The molecule has 0 aliphatic carbocycles. The highest BCUT2D eigenvalue weighted by Crippen LogP contribution is 2.38. The number of esters is 1. The monoisotopic (exact) mass is 368 g/mol. The zero-order chi connectivity index (χ0) is 19.7.